The Bertz CT molecular complexity index is 694. The van der Waals surface area contributed by atoms with Crippen LogP contribution in [0.3, 0.4) is 0 Å². The third kappa shape index (κ3) is 4.84. The van der Waals surface area contributed by atoms with Crippen LogP contribution in [0.1, 0.15) is 12.8 Å². The van der Waals surface area contributed by atoms with Crippen LogP contribution in [-0.2, 0) is 0 Å². The molecule has 0 aliphatic heterocycles. The van der Waals surface area contributed by atoms with Crippen LogP contribution < -0.4 is 0 Å². The summed E-state index contributed by atoms with van der Waals surface area (Å²) in [5, 5.41) is 17.2. The molecule has 0 radical (unpaired) electrons. The molecule has 0 aromatic heterocycles. The monoisotopic (exact) mass is 534 g/mol. The van der Waals surface area contributed by atoms with Gasteiger partial charge >= 0.3 is 47.6 Å². The van der Waals surface area contributed by atoms with Crippen LogP contribution in [-0.4, -0.2) is 70.6 Å². The second-order valence-corrected chi connectivity index (χ2v) is 6.40. The summed E-state index contributed by atoms with van der Waals surface area (Å²) in [4.78, 5) is 0. The summed E-state index contributed by atoms with van der Waals surface area (Å²) in [6.07, 6.45) is -13.0. The lowest BCUT2D eigenvalue weighted by atomic mass is 9.88. The highest BCUT2D eigenvalue weighted by Gasteiger charge is 2.95. The highest BCUT2D eigenvalue weighted by Crippen LogP contribution is 2.64. The van der Waals surface area contributed by atoms with Crippen molar-refractivity contribution in [1.29, 1.82) is 0 Å². The number of aliphatic hydroxyl groups excluding tert-OH is 2. The third-order valence-corrected chi connectivity index (χ3v) is 3.95. The van der Waals surface area contributed by atoms with E-state index in [2.05, 4.69) is 0 Å². The minimum absolute atomic E-state index is 0.217. The molecule has 0 aromatic carbocycles. The average molecular weight is 534 g/mol. The highest BCUT2D eigenvalue weighted by molar-refractivity contribution is 5.15. The molecule has 33 heavy (non-hydrogen) atoms. The Morgan fingerprint density at radius 2 is 0.848 bits per heavy atom. The normalized spacial score (nSPS) is 17.1. The van der Waals surface area contributed by atoms with E-state index in [9.17, 15) is 74.6 Å². The quantitative estimate of drug-likeness (QED) is 0.265. The molecule has 0 aromatic rings. The summed E-state index contributed by atoms with van der Waals surface area (Å²) in [6, 6.07) is 0. The Morgan fingerprint density at radius 1 is 0.515 bits per heavy atom. The second-order valence-electron chi connectivity index (χ2n) is 6.40. The van der Waals surface area contributed by atoms with Crippen LogP contribution in [0.2, 0.25) is 0 Å². The van der Waals surface area contributed by atoms with E-state index < -0.39 is 73.2 Å². The standard InChI is InChI=1S/C14H11F17O2/c15-7(16,4-2-1-3-6(33)5-32)8(17,18)9(19,20)10(21,22)11(23,24)12(25,26)13(27,28)14(29,30)31/h1-2,6,32-33H,3-5H2/b2-1+. The van der Waals surface area contributed by atoms with E-state index >= 15 is 0 Å². The molecule has 198 valence electrons. The Kier molecular flexibility index (Phi) is 8.51. The molecule has 2 N–H and O–H groups in total. The van der Waals surface area contributed by atoms with E-state index in [-0.39, 0.29) is 12.2 Å². The minimum atomic E-state index is -8.65. The number of hydrogen-bond donors (Lipinski definition) is 2. The molecule has 0 aliphatic rings. The zero-order valence-electron chi connectivity index (χ0n) is 15.2. The molecule has 0 spiro atoms. The van der Waals surface area contributed by atoms with Gasteiger partial charge in [0, 0.05) is 6.42 Å². The number of hydrogen-bond acceptors (Lipinski definition) is 2. The molecular weight excluding hydrogens is 523 g/mol. The fraction of sp³-hybridized carbons (Fsp3) is 0.857. The van der Waals surface area contributed by atoms with Crippen molar-refractivity contribution < 1.29 is 84.9 Å². The summed E-state index contributed by atoms with van der Waals surface area (Å²) in [7, 11) is 0. The Morgan fingerprint density at radius 3 is 1.18 bits per heavy atom. The van der Waals surface area contributed by atoms with Crippen molar-refractivity contribution in [1.82, 2.24) is 0 Å². The van der Waals surface area contributed by atoms with Crippen molar-refractivity contribution in [2.45, 2.75) is 66.6 Å². The minimum Gasteiger partial charge on any atom is -0.394 e. The molecule has 2 nitrogen and oxygen atoms in total. The van der Waals surface area contributed by atoms with Crippen LogP contribution in [0.4, 0.5) is 74.6 Å². The van der Waals surface area contributed by atoms with Crippen LogP contribution in [0.25, 0.3) is 0 Å². The fourth-order valence-corrected chi connectivity index (χ4v) is 1.88. The van der Waals surface area contributed by atoms with Crippen molar-refractivity contribution in [3.63, 3.8) is 0 Å². The SMILES string of the molecule is OCC(O)C/C=C/CC(F)(F)C(F)(F)C(F)(F)C(F)(F)C(F)(F)C(F)(F)C(F)(F)C(F)(F)F. The lowest BCUT2D eigenvalue weighted by molar-refractivity contribution is -0.461. The first kappa shape index (κ1) is 31.5. The maximum absolute atomic E-state index is 13.5. The molecule has 1 atom stereocenters. The first-order valence-corrected chi connectivity index (χ1v) is 7.86. The number of allylic oxidation sites excluding steroid dienone is 1. The van der Waals surface area contributed by atoms with Crippen molar-refractivity contribution in [2.75, 3.05) is 6.61 Å². The molecule has 0 saturated carbocycles. The van der Waals surface area contributed by atoms with Gasteiger partial charge in [0.25, 0.3) is 0 Å². The van der Waals surface area contributed by atoms with Gasteiger partial charge in [0.1, 0.15) is 0 Å². The van der Waals surface area contributed by atoms with Gasteiger partial charge in [-0.2, -0.15) is 74.6 Å². The number of rotatable bonds is 11. The number of halogens is 17. The zero-order valence-corrected chi connectivity index (χ0v) is 15.2. The van der Waals surface area contributed by atoms with Gasteiger partial charge in [-0.1, -0.05) is 12.2 Å². The molecule has 0 rings (SSSR count). The lowest BCUT2D eigenvalue weighted by Crippen LogP contribution is -2.74. The summed E-state index contributed by atoms with van der Waals surface area (Å²) >= 11 is 0. The van der Waals surface area contributed by atoms with Gasteiger partial charge in [-0.25, -0.2) is 0 Å². The largest absolute Gasteiger partial charge is 0.460 e. The predicted molar refractivity (Wildman–Crippen MR) is 72.2 cm³/mol. The van der Waals surface area contributed by atoms with E-state index in [4.69, 9.17) is 10.2 Å². The summed E-state index contributed by atoms with van der Waals surface area (Å²) in [5.74, 6) is -56.5. The van der Waals surface area contributed by atoms with E-state index in [1.165, 1.54) is 0 Å². The first-order valence-electron chi connectivity index (χ1n) is 7.86. The van der Waals surface area contributed by atoms with Gasteiger partial charge in [0.15, 0.2) is 0 Å². The molecular formula is C14H11F17O2. The molecule has 0 heterocycles. The predicted octanol–water partition coefficient (Wildman–Crippen LogP) is 5.69. The van der Waals surface area contributed by atoms with Crippen LogP contribution in [0.5, 0.6) is 0 Å². The van der Waals surface area contributed by atoms with Gasteiger partial charge in [0.2, 0.25) is 0 Å². The van der Waals surface area contributed by atoms with Crippen LogP contribution >= 0.6 is 0 Å². The molecule has 0 bridgehead atoms. The van der Waals surface area contributed by atoms with E-state index in [1.54, 1.807) is 0 Å². The smallest absolute Gasteiger partial charge is 0.394 e. The Labute approximate surface area is 171 Å². The molecule has 0 saturated heterocycles. The van der Waals surface area contributed by atoms with Gasteiger partial charge in [-0.3, -0.25) is 0 Å². The Hall–Kier alpha value is -1.53. The van der Waals surface area contributed by atoms with Gasteiger partial charge in [-0.15, -0.1) is 0 Å². The molecule has 0 amide bonds. The first-order chi connectivity index (χ1) is 14.2. The molecule has 1 unspecified atom stereocenters. The molecule has 19 heteroatoms. The van der Waals surface area contributed by atoms with Crippen molar-refractivity contribution >= 4 is 0 Å². The zero-order chi connectivity index (χ0) is 27.1. The van der Waals surface area contributed by atoms with Crippen molar-refractivity contribution in [2.24, 2.45) is 0 Å². The lowest BCUT2D eigenvalue weighted by Gasteiger charge is -2.42. The summed E-state index contributed by atoms with van der Waals surface area (Å²) in [6.45, 7) is -1.03. The van der Waals surface area contributed by atoms with E-state index in [0.29, 0.717) is 0 Å². The molecule has 0 fully saturated rings. The van der Waals surface area contributed by atoms with E-state index in [0.717, 1.165) is 0 Å². The fourth-order valence-electron chi connectivity index (χ4n) is 1.88. The third-order valence-electron chi connectivity index (χ3n) is 3.95. The second kappa shape index (κ2) is 8.92. The number of alkyl halides is 17. The van der Waals surface area contributed by atoms with Gasteiger partial charge in [-0.05, 0) is 6.42 Å². The van der Waals surface area contributed by atoms with Crippen LogP contribution in [0, 0.1) is 0 Å². The Balaban J connectivity index is 6.37. The van der Waals surface area contributed by atoms with Crippen molar-refractivity contribution in [3.8, 4) is 0 Å². The maximum Gasteiger partial charge on any atom is 0.460 e. The summed E-state index contributed by atoms with van der Waals surface area (Å²) in [5.41, 5.74) is 0. The number of aliphatic hydroxyl groups is 2. The maximum atomic E-state index is 13.5. The van der Waals surface area contributed by atoms with Gasteiger partial charge in [0.05, 0.1) is 12.7 Å². The van der Waals surface area contributed by atoms with Gasteiger partial charge < -0.3 is 10.2 Å². The van der Waals surface area contributed by atoms with E-state index in [1.807, 2.05) is 0 Å². The highest BCUT2D eigenvalue weighted by atomic mass is 19.4. The van der Waals surface area contributed by atoms with Crippen LogP contribution in [0.15, 0.2) is 12.2 Å². The molecule has 0 aliphatic carbocycles. The topological polar surface area (TPSA) is 40.5 Å². The average Bonchev–Trinajstić information content (AvgIpc) is 2.62. The summed E-state index contributed by atoms with van der Waals surface area (Å²) < 4.78 is 221. The van der Waals surface area contributed by atoms with Crippen molar-refractivity contribution in [3.05, 3.63) is 12.2 Å².